The lowest BCUT2D eigenvalue weighted by Gasteiger charge is -2.11. The van der Waals surface area contributed by atoms with Crippen LogP contribution in [0, 0.1) is 19.7 Å². The minimum Gasteiger partial charge on any atom is -0.211 e. The van der Waals surface area contributed by atoms with Crippen LogP contribution >= 0.6 is 11.6 Å². The van der Waals surface area contributed by atoms with Crippen LogP contribution in [0.2, 0.25) is 5.02 Å². The van der Waals surface area contributed by atoms with E-state index in [0.29, 0.717) is 22.6 Å². The molecule has 0 saturated carbocycles. The van der Waals surface area contributed by atoms with Gasteiger partial charge in [-0.1, -0.05) is 23.7 Å². The lowest BCUT2D eigenvalue weighted by atomic mass is 10.1. The number of rotatable bonds is 5. The molecule has 0 radical (unpaired) electrons. The molecule has 6 heteroatoms. The van der Waals surface area contributed by atoms with E-state index >= 15 is 0 Å². The van der Waals surface area contributed by atoms with Crippen molar-refractivity contribution in [3.05, 3.63) is 63.9 Å². The topological polar surface area (TPSA) is 46.2 Å². The third-order valence-electron chi connectivity index (χ3n) is 3.36. The fourth-order valence-corrected chi connectivity index (χ4v) is 3.66. The van der Waals surface area contributed by atoms with E-state index in [0.717, 1.165) is 5.56 Å². The lowest BCUT2D eigenvalue weighted by Crippen LogP contribution is -2.26. The Bertz CT molecular complexity index is 773. The van der Waals surface area contributed by atoms with Crippen LogP contribution < -0.4 is 4.72 Å². The highest BCUT2D eigenvalue weighted by Crippen LogP contribution is 2.23. The van der Waals surface area contributed by atoms with Gasteiger partial charge in [-0.05, 0) is 61.2 Å². The quantitative estimate of drug-likeness (QED) is 0.902. The first-order chi connectivity index (χ1) is 10.3. The summed E-state index contributed by atoms with van der Waals surface area (Å²) in [7, 11) is -3.59. The highest BCUT2D eigenvalue weighted by Gasteiger charge is 2.17. The molecule has 0 aliphatic rings. The Morgan fingerprint density at radius 1 is 1.09 bits per heavy atom. The predicted octanol–water partition coefficient (Wildman–Crippen LogP) is 3.62. The minimum absolute atomic E-state index is 0.230. The molecule has 0 aromatic heterocycles. The van der Waals surface area contributed by atoms with Crippen LogP contribution in [0.5, 0.6) is 0 Å². The van der Waals surface area contributed by atoms with Gasteiger partial charge in [-0.25, -0.2) is 17.5 Å². The van der Waals surface area contributed by atoms with Crippen molar-refractivity contribution in [3.8, 4) is 0 Å². The average molecular weight is 342 g/mol. The third-order valence-corrected chi connectivity index (χ3v) is 5.37. The smallest absolute Gasteiger partial charge is 0.211 e. The second-order valence-corrected chi connectivity index (χ2v) is 7.28. The monoisotopic (exact) mass is 341 g/mol. The van der Waals surface area contributed by atoms with E-state index in [-0.39, 0.29) is 17.3 Å². The Hall–Kier alpha value is -1.43. The molecule has 3 nitrogen and oxygen atoms in total. The van der Waals surface area contributed by atoms with Crippen LogP contribution in [-0.4, -0.2) is 15.0 Å². The van der Waals surface area contributed by atoms with Gasteiger partial charge in [0.15, 0.2) is 0 Å². The number of aryl methyl sites for hydroxylation is 2. The largest absolute Gasteiger partial charge is 0.240 e. The molecule has 0 fully saturated rings. The summed E-state index contributed by atoms with van der Waals surface area (Å²) in [5.41, 5.74) is 2.18. The van der Waals surface area contributed by atoms with Gasteiger partial charge in [0.25, 0.3) is 0 Å². The van der Waals surface area contributed by atoms with Gasteiger partial charge in [-0.15, -0.1) is 0 Å². The van der Waals surface area contributed by atoms with Crippen molar-refractivity contribution < 1.29 is 12.8 Å². The highest BCUT2D eigenvalue weighted by molar-refractivity contribution is 7.89. The Morgan fingerprint density at radius 2 is 1.73 bits per heavy atom. The molecule has 0 atom stereocenters. The maximum atomic E-state index is 12.8. The van der Waals surface area contributed by atoms with Crippen molar-refractivity contribution in [1.29, 1.82) is 0 Å². The molecule has 2 aromatic rings. The second kappa shape index (κ2) is 6.77. The van der Waals surface area contributed by atoms with Crippen LogP contribution in [0.4, 0.5) is 4.39 Å². The van der Waals surface area contributed by atoms with Crippen molar-refractivity contribution in [1.82, 2.24) is 4.72 Å². The fraction of sp³-hybridized carbons (Fsp3) is 0.250. The molecule has 0 aliphatic heterocycles. The number of hydrogen-bond acceptors (Lipinski definition) is 2. The number of benzene rings is 2. The molecule has 22 heavy (non-hydrogen) atoms. The van der Waals surface area contributed by atoms with Gasteiger partial charge in [0, 0.05) is 11.6 Å². The van der Waals surface area contributed by atoms with E-state index in [1.54, 1.807) is 38.1 Å². The Balaban J connectivity index is 2.08. The third kappa shape index (κ3) is 4.06. The zero-order valence-corrected chi connectivity index (χ0v) is 13.9. The second-order valence-electron chi connectivity index (χ2n) is 5.14. The number of halogens is 2. The predicted molar refractivity (Wildman–Crippen MR) is 86.2 cm³/mol. The maximum Gasteiger partial charge on any atom is 0.240 e. The molecule has 1 N–H and O–H groups in total. The van der Waals surface area contributed by atoms with E-state index in [2.05, 4.69) is 4.72 Å². The van der Waals surface area contributed by atoms with Gasteiger partial charge >= 0.3 is 0 Å². The van der Waals surface area contributed by atoms with E-state index < -0.39 is 10.0 Å². The summed E-state index contributed by atoms with van der Waals surface area (Å²) in [4.78, 5) is 0.230. The Kier molecular flexibility index (Phi) is 5.21. The first-order valence-electron chi connectivity index (χ1n) is 6.80. The summed E-state index contributed by atoms with van der Waals surface area (Å²) < 4.78 is 40.1. The molecular formula is C16H17ClFNO2S. The molecule has 0 amide bonds. The van der Waals surface area contributed by atoms with Crippen LogP contribution in [0.15, 0.2) is 41.3 Å². The molecule has 0 spiro atoms. The summed E-state index contributed by atoms with van der Waals surface area (Å²) in [5, 5.41) is 0.544. The standard InChI is InChI=1S/C16H17ClFNO2S/c1-11-10-16(12(2)9-15(11)17)22(20,21)19-8-7-13-3-5-14(18)6-4-13/h3-6,9-10,19H,7-8H2,1-2H3. The minimum atomic E-state index is -3.59. The van der Waals surface area contributed by atoms with Crippen molar-refractivity contribution in [2.75, 3.05) is 6.54 Å². The molecule has 0 heterocycles. The Morgan fingerprint density at radius 3 is 2.36 bits per heavy atom. The molecule has 0 unspecified atom stereocenters. The highest BCUT2D eigenvalue weighted by atomic mass is 35.5. The summed E-state index contributed by atoms with van der Waals surface area (Å²) >= 11 is 5.99. The van der Waals surface area contributed by atoms with E-state index in [1.165, 1.54) is 12.1 Å². The Labute approximate surface area is 135 Å². The summed E-state index contributed by atoms with van der Waals surface area (Å²) in [6.45, 7) is 3.72. The lowest BCUT2D eigenvalue weighted by molar-refractivity contribution is 0.580. The normalized spacial score (nSPS) is 11.6. The van der Waals surface area contributed by atoms with Crippen LogP contribution in [0.25, 0.3) is 0 Å². The van der Waals surface area contributed by atoms with Crippen LogP contribution in [-0.2, 0) is 16.4 Å². The molecule has 2 aromatic carbocycles. The van der Waals surface area contributed by atoms with Gasteiger partial charge in [0.05, 0.1) is 4.90 Å². The number of nitrogens with one attached hydrogen (secondary N) is 1. The van der Waals surface area contributed by atoms with Gasteiger partial charge in [0.2, 0.25) is 10.0 Å². The molecule has 2 rings (SSSR count). The zero-order valence-electron chi connectivity index (χ0n) is 12.4. The van der Waals surface area contributed by atoms with E-state index in [1.807, 2.05) is 0 Å². The SMILES string of the molecule is Cc1cc(S(=O)(=O)NCCc2ccc(F)cc2)c(C)cc1Cl. The number of hydrogen-bond donors (Lipinski definition) is 1. The molecule has 0 saturated heterocycles. The van der Waals surface area contributed by atoms with Crippen molar-refractivity contribution in [2.24, 2.45) is 0 Å². The first kappa shape index (κ1) is 16.9. The average Bonchev–Trinajstić information content (AvgIpc) is 2.44. The van der Waals surface area contributed by atoms with E-state index in [9.17, 15) is 12.8 Å². The van der Waals surface area contributed by atoms with Gasteiger partial charge in [0.1, 0.15) is 5.82 Å². The first-order valence-corrected chi connectivity index (χ1v) is 8.66. The van der Waals surface area contributed by atoms with Gasteiger partial charge < -0.3 is 0 Å². The molecule has 118 valence electrons. The van der Waals surface area contributed by atoms with Gasteiger partial charge in [-0.2, -0.15) is 0 Å². The van der Waals surface area contributed by atoms with Crippen molar-refractivity contribution in [3.63, 3.8) is 0 Å². The van der Waals surface area contributed by atoms with Gasteiger partial charge in [-0.3, -0.25) is 0 Å². The van der Waals surface area contributed by atoms with Crippen LogP contribution in [0.1, 0.15) is 16.7 Å². The molecule has 0 bridgehead atoms. The fourth-order valence-electron chi connectivity index (χ4n) is 2.10. The zero-order chi connectivity index (χ0) is 16.3. The maximum absolute atomic E-state index is 12.8. The number of sulfonamides is 1. The molecular weight excluding hydrogens is 325 g/mol. The summed E-state index contributed by atoms with van der Waals surface area (Å²) in [6, 6.07) is 9.21. The summed E-state index contributed by atoms with van der Waals surface area (Å²) in [6.07, 6.45) is 0.491. The van der Waals surface area contributed by atoms with E-state index in [4.69, 9.17) is 11.6 Å². The van der Waals surface area contributed by atoms with Crippen molar-refractivity contribution >= 4 is 21.6 Å². The van der Waals surface area contributed by atoms with Crippen LogP contribution in [0.3, 0.4) is 0 Å². The summed E-state index contributed by atoms with van der Waals surface area (Å²) in [5.74, 6) is -0.309. The van der Waals surface area contributed by atoms with Crippen molar-refractivity contribution in [2.45, 2.75) is 25.2 Å². The molecule has 0 aliphatic carbocycles.